The lowest BCUT2D eigenvalue weighted by atomic mass is 9.87. The van der Waals surface area contributed by atoms with E-state index in [0.29, 0.717) is 22.9 Å². The van der Waals surface area contributed by atoms with Crippen LogP contribution in [0.2, 0.25) is 0 Å². The maximum absolute atomic E-state index is 12.5. The minimum absolute atomic E-state index is 0.0340. The molecule has 0 heterocycles. The van der Waals surface area contributed by atoms with Crippen LogP contribution in [-0.2, 0) is 5.41 Å². The number of carbonyl (C=O) groups excluding carboxylic acids is 1. The molecule has 0 atom stereocenters. The molecule has 0 saturated carbocycles. The van der Waals surface area contributed by atoms with Crippen molar-refractivity contribution in [2.75, 3.05) is 17.7 Å². The van der Waals surface area contributed by atoms with Crippen molar-refractivity contribution in [2.45, 2.75) is 26.2 Å². The molecule has 0 bridgehead atoms. The molecule has 5 nitrogen and oxygen atoms in total. The lowest BCUT2D eigenvalue weighted by molar-refractivity contribution is 0.262. The van der Waals surface area contributed by atoms with Gasteiger partial charge in [0, 0.05) is 5.69 Å². The van der Waals surface area contributed by atoms with Gasteiger partial charge in [0.15, 0.2) is 0 Å². The molecule has 2 N–H and O–H groups in total. The summed E-state index contributed by atoms with van der Waals surface area (Å²) in [6.45, 7) is 6.37. The summed E-state index contributed by atoms with van der Waals surface area (Å²) in [5.74, 6) is 2.07. The Labute approximate surface area is 171 Å². The lowest BCUT2D eigenvalue weighted by Gasteiger charge is -2.21. The van der Waals surface area contributed by atoms with Crippen molar-refractivity contribution in [1.29, 1.82) is 0 Å². The van der Waals surface area contributed by atoms with Gasteiger partial charge in [-0.05, 0) is 59.5 Å². The zero-order valence-corrected chi connectivity index (χ0v) is 17.2. The van der Waals surface area contributed by atoms with E-state index in [1.807, 2.05) is 60.7 Å². The molecular weight excluding hydrogens is 364 g/mol. The molecule has 2 amide bonds. The van der Waals surface area contributed by atoms with Gasteiger partial charge in [-0.3, -0.25) is 0 Å². The first-order chi connectivity index (χ1) is 13.8. The van der Waals surface area contributed by atoms with Gasteiger partial charge in [0.1, 0.15) is 17.2 Å². The van der Waals surface area contributed by atoms with Crippen LogP contribution in [0.15, 0.2) is 72.8 Å². The summed E-state index contributed by atoms with van der Waals surface area (Å²) in [5.41, 5.74) is 2.36. The predicted octanol–water partition coefficient (Wildman–Crippen LogP) is 6.43. The van der Waals surface area contributed by atoms with E-state index in [1.54, 1.807) is 19.2 Å². The molecule has 0 saturated heterocycles. The summed E-state index contributed by atoms with van der Waals surface area (Å²) in [7, 11) is 1.58. The molecule has 150 valence electrons. The number of hydrogen-bond acceptors (Lipinski definition) is 3. The number of benzene rings is 3. The number of ether oxygens (including phenoxy) is 2. The maximum atomic E-state index is 12.5. The van der Waals surface area contributed by atoms with E-state index in [1.165, 1.54) is 0 Å². The molecule has 0 spiro atoms. The fourth-order valence-corrected chi connectivity index (χ4v) is 2.79. The van der Waals surface area contributed by atoms with Crippen LogP contribution in [0.25, 0.3) is 0 Å². The van der Waals surface area contributed by atoms with Gasteiger partial charge in [-0.2, -0.15) is 0 Å². The fourth-order valence-electron chi connectivity index (χ4n) is 2.79. The molecule has 3 aromatic carbocycles. The van der Waals surface area contributed by atoms with Crippen LogP contribution >= 0.6 is 0 Å². The Morgan fingerprint density at radius 2 is 1.48 bits per heavy atom. The van der Waals surface area contributed by atoms with Crippen LogP contribution in [0.1, 0.15) is 26.3 Å². The molecule has 3 aromatic rings. The molecule has 0 unspecified atom stereocenters. The summed E-state index contributed by atoms with van der Waals surface area (Å²) in [6, 6.07) is 22.2. The van der Waals surface area contributed by atoms with E-state index in [-0.39, 0.29) is 11.4 Å². The van der Waals surface area contributed by atoms with Crippen LogP contribution in [0.4, 0.5) is 16.2 Å². The normalized spacial score (nSPS) is 10.9. The highest BCUT2D eigenvalue weighted by Gasteiger charge is 2.17. The first kappa shape index (κ1) is 20.3. The second-order valence-electron chi connectivity index (χ2n) is 7.68. The monoisotopic (exact) mass is 390 g/mol. The molecule has 0 aromatic heterocycles. The zero-order valence-electron chi connectivity index (χ0n) is 17.2. The van der Waals surface area contributed by atoms with E-state index < -0.39 is 0 Å². The van der Waals surface area contributed by atoms with Gasteiger partial charge < -0.3 is 20.1 Å². The fraction of sp³-hybridized carbons (Fsp3) is 0.208. The van der Waals surface area contributed by atoms with Gasteiger partial charge in [-0.1, -0.05) is 45.0 Å². The van der Waals surface area contributed by atoms with Crippen molar-refractivity contribution >= 4 is 17.4 Å². The third-order valence-corrected chi connectivity index (χ3v) is 4.40. The van der Waals surface area contributed by atoms with Crippen LogP contribution in [-0.4, -0.2) is 13.1 Å². The number of amides is 2. The van der Waals surface area contributed by atoms with Gasteiger partial charge in [0.25, 0.3) is 0 Å². The van der Waals surface area contributed by atoms with Gasteiger partial charge in [0.2, 0.25) is 0 Å². The smallest absolute Gasteiger partial charge is 0.323 e. The average molecular weight is 390 g/mol. The minimum atomic E-state index is -0.342. The number of para-hydroxylation sites is 1. The van der Waals surface area contributed by atoms with E-state index in [9.17, 15) is 4.79 Å². The Morgan fingerprint density at radius 1 is 0.828 bits per heavy atom. The van der Waals surface area contributed by atoms with Crippen molar-refractivity contribution in [3.63, 3.8) is 0 Å². The van der Waals surface area contributed by atoms with Crippen LogP contribution in [0.3, 0.4) is 0 Å². The Bertz CT molecular complexity index is 962. The van der Waals surface area contributed by atoms with Gasteiger partial charge in [-0.25, -0.2) is 4.79 Å². The van der Waals surface area contributed by atoms with E-state index in [2.05, 4.69) is 31.4 Å². The molecule has 0 aliphatic heterocycles. The van der Waals surface area contributed by atoms with Crippen molar-refractivity contribution in [2.24, 2.45) is 0 Å². The number of anilines is 2. The molecular formula is C24H26N2O3. The number of urea groups is 1. The summed E-state index contributed by atoms with van der Waals surface area (Å²) < 4.78 is 11.1. The lowest BCUT2D eigenvalue weighted by Crippen LogP contribution is -2.20. The molecule has 0 aliphatic rings. The molecule has 3 rings (SSSR count). The second kappa shape index (κ2) is 8.69. The first-order valence-corrected chi connectivity index (χ1v) is 9.44. The Kier molecular flexibility index (Phi) is 6.07. The highest BCUT2D eigenvalue weighted by atomic mass is 16.5. The first-order valence-electron chi connectivity index (χ1n) is 9.44. The van der Waals surface area contributed by atoms with Gasteiger partial charge in [-0.15, -0.1) is 0 Å². The van der Waals surface area contributed by atoms with Crippen molar-refractivity contribution in [3.05, 3.63) is 78.4 Å². The summed E-state index contributed by atoms with van der Waals surface area (Å²) in [4.78, 5) is 12.5. The quantitative estimate of drug-likeness (QED) is 0.528. The maximum Gasteiger partial charge on any atom is 0.323 e. The average Bonchev–Trinajstić information content (AvgIpc) is 2.69. The summed E-state index contributed by atoms with van der Waals surface area (Å²) in [6.07, 6.45) is 0. The van der Waals surface area contributed by atoms with Gasteiger partial charge >= 0.3 is 6.03 Å². The standard InChI is InChI=1S/C24H26N2O3/c1-24(2,3)17-10-15-22(28-4)21(16-17)26-23(27)25-18-11-13-20(14-12-18)29-19-8-6-5-7-9-19/h5-16H,1-4H3,(H2,25,26,27). The van der Waals surface area contributed by atoms with Crippen molar-refractivity contribution in [3.8, 4) is 17.2 Å². The highest BCUT2D eigenvalue weighted by Crippen LogP contribution is 2.31. The molecule has 29 heavy (non-hydrogen) atoms. The van der Waals surface area contributed by atoms with Crippen LogP contribution in [0.5, 0.6) is 17.2 Å². The summed E-state index contributed by atoms with van der Waals surface area (Å²) >= 11 is 0. The number of nitrogens with one attached hydrogen (secondary N) is 2. The molecule has 0 radical (unpaired) electrons. The third kappa shape index (κ3) is 5.51. The summed E-state index contributed by atoms with van der Waals surface area (Å²) in [5, 5.41) is 5.70. The Hall–Kier alpha value is -3.47. The zero-order chi connectivity index (χ0) is 20.9. The SMILES string of the molecule is COc1ccc(C(C)(C)C)cc1NC(=O)Nc1ccc(Oc2ccccc2)cc1. The van der Waals surface area contributed by atoms with E-state index in [4.69, 9.17) is 9.47 Å². The largest absolute Gasteiger partial charge is 0.495 e. The highest BCUT2D eigenvalue weighted by molar-refractivity contribution is 6.00. The van der Waals surface area contributed by atoms with E-state index in [0.717, 1.165) is 11.3 Å². The Morgan fingerprint density at radius 3 is 2.10 bits per heavy atom. The molecule has 0 aliphatic carbocycles. The second-order valence-corrected chi connectivity index (χ2v) is 7.68. The van der Waals surface area contributed by atoms with E-state index >= 15 is 0 Å². The number of rotatable bonds is 5. The van der Waals surface area contributed by atoms with Crippen LogP contribution in [0, 0.1) is 0 Å². The predicted molar refractivity (Wildman–Crippen MR) is 117 cm³/mol. The number of hydrogen-bond donors (Lipinski definition) is 2. The minimum Gasteiger partial charge on any atom is -0.495 e. The Balaban J connectivity index is 1.66. The van der Waals surface area contributed by atoms with Crippen molar-refractivity contribution in [1.82, 2.24) is 0 Å². The third-order valence-electron chi connectivity index (χ3n) is 4.40. The topological polar surface area (TPSA) is 59.6 Å². The molecule has 0 fully saturated rings. The van der Waals surface area contributed by atoms with Crippen molar-refractivity contribution < 1.29 is 14.3 Å². The molecule has 5 heteroatoms. The number of methoxy groups -OCH3 is 1. The van der Waals surface area contributed by atoms with Crippen LogP contribution < -0.4 is 20.1 Å². The number of carbonyl (C=O) groups is 1. The van der Waals surface area contributed by atoms with Gasteiger partial charge in [0.05, 0.1) is 12.8 Å².